The zero-order valence-corrected chi connectivity index (χ0v) is 64.9. The van der Waals surface area contributed by atoms with E-state index in [4.69, 9.17) is 0 Å². The highest BCUT2D eigenvalue weighted by atomic mass is 16.3. The fourth-order valence-electron chi connectivity index (χ4n) is 30.3. The zero-order chi connectivity index (χ0) is 68.9. The number of allylic oxidation sites excluding steroid dienone is 2. The highest BCUT2D eigenvalue weighted by molar-refractivity contribution is 5.49. The molecule has 0 aliphatic heterocycles. The SMILES string of the molecule is CC[C@]1(O)CC[C@@]2(C)C(=CC[C@H]3[C@@H]4CC[C@H]([C@H](C)[C@@H](O)CC5CCCC5)[C@@]4(C)CC[C@@H]32)C1.CC[C@]1(O)CC[C@@]2(C)[C@@H](CC[C@@H]3[C@@H]2CC[C@]2(C)[C@@H]([C@H](C)[C@@H](O)CC4CCCC4)CC[C@@H]32)C1.C[C@@H]([C@H]1CC[C@H]2[C@@H]3CC[C@H]4C[C@@](C)(O)CC[C@]4(C)[C@H]3CC[C@]12C)[C@@H](C)/C=C/c1ccccc1. The van der Waals surface area contributed by atoms with Gasteiger partial charge in [0.15, 0.2) is 0 Å². The third-order valence-corrected chi connectivity index (χ3v) is 37.0. The van der Waals surface area contributed by atoms with Crippen molar-refractivity contribution in [3.05, 3.63) is 53.6 Å². The predicted octanol–water partition coefficient (Wildman–Crippen LogP) is 23.0. The Bertz CT molecular complexity index is 2850. The van der Waals surface area contributed by atoms with Crippen LogP contribution >= 0.6 is 0 Å². The van der Waals surface area contributed by atoms with Gasteiger partial charge in [-0.2, -0.15) is 0 Å². The maximum Gasteiger partial charge on any atom is 0.0682 e. The summed E-state index contributed by atoms with van der Waals surface area (Å²) in [7, 11) is 0. The number of aliphatic hydroxyl groups excluding tert-OH is 2. The molecule has 15 rings (SSSR count). The molecule has 5 heteroatoms. The first-order chi connectivity index (χ1) is 46.0. The van der Waals surface area contributed by atoms with Crippen LogP contribution < -0.4 is 0 Å². The van der Waals surface area contributed by atoms with Crippen LogP contribution in [0.1, 0.15) is 340 Å². The Balaban J connectivity index is 0.000000131. The van der Waals surface area contributed by atoms with E-state index < -0.39 is 11.2 Å². The Morgan fingerprint density at radius 2 is 0.876 bits per heavy atom. The standard InChI is InChI=1S/C32H48O.C30H52O2.C30H50O2/c1-22(11-12-24-9-7-6-8-10-24)23(2)27-15-16-28-26-14-13-25-21-30(3,33)19-20-31(25,4)29(26)17-18-32(27,28)5;2*1-5-30(32)17-16-28(3)22(19-30)10-11-23-25-13-12-24(29(25,4)15-14-26(23)28)20(2)27(31)18-21-8-6-7-9-21/h6-12,22-23,25-29,33H,13-21H2,1-5H3;20-27,31-32H,5-19H2,1-4H3;10,20-21,23-27,31-32H,5-9,11-19H2,1-4H3/b12-11+;;/t22-,23+,25-,26-,27+,28-,29-,30-,31-,32+;20-,22-,23-,24+,25-,26-,27-,28-,29+,30-;20-,23-,24+,25-,26-,27-,28-,29+,30-/m000/s1. The molecule has 0 spiro atoms. The lowest BCUT2D eigenvalue weighted by molar-refractivity contribution is -0.154. The van der Waals surface area contributed by atoms with Crippen LogP contribution in [0.3, 0.4) is 0 Å². The molecule has 1 aromatic carbocycles. The maximum atomic E-state index is 11.2. The summed E-state index contributed by atoms with van der Waals surface area (Å²) in [5.41, 5.74) is 4.29. The highest BCUT2D eigenvalue weighted by Crippen LogP contribution is 2.73. The second-order valence-electron chi connectivity index (χ2n) is 41.1. The van der Waals surface area contributed by atoms with Crippen molar-refractivity contribution >= 4 is 6.08 Å². The minimum Gasteiger partial charge on any atom is -0.393 e. The van der Waals surface area contributed by atoms with Crippen molar-refractivity contribution in [2.45, 2.75) is 363 Å². The van der Waals surface area contributed by atoms with Crippen LogP contribution in [0.5, 0.6) is 0 Å². The van der Waals surface area contributed by atoms with Crippen LogP contribution in [0.4, 0.5) is 0 Å². The van der Waals surface area contributed by atoms with Gasteiger partial charge in [-0.25, -0.2) is 0 Å². The first-order valence-electron chi connectivity index (χ1n) is 43.0. The van der Waals surface area contributed by atoms with E-state index in [2.05, 4.69) is 139 Å². The molecule has 0 unspecified atom stereocenters. The van der Waals surface area contributed by atoms with Crippen LogP contribution in [0.2, 0.25) is 0 Å². The van der Waals surface area contributed by atoms with Crippen LogP contribution in [0, 0.1) is 151 Å². The van der Waals surface area contributed by atoms with E-state index >= 15 is 0 Å². The quantitative estimate of drug-likeness (QED) is 0.120. The molecule has 14 aliphatic carbocycles. The van der Waals surface area contributed by atoms with Gasteiger partial charge in [-0.3, -0.25) is 0 Å². The lowest BCUT2D eigenvalue weighted by atomic mass is 9.43. The van der Waals surface area contributed by atoms with E-state index in [1.54, 1.807) is 5.57 Å². The van der Waals surface area contributed by atoms with E-state index in [-0.39, 0.29) is 17.8 Å². The minimum absolute atomic E-state index is 0.0882. The summed E-state index contributed by atoms with van der Waals surface area (Å²) < 4.78 is 0. The lowest BCUT2D eigenvalue weighted by Crippen LogP contribution is -2.56. The average Bonchev–Trinajstić information content (AvgIpc) is 1.69. The van der Waals surface area contributed by atoms with Gasteiger partial charge in [-0.1, -0.05) is 189 Å². The number of benzene rings is 1. The number of aliphatic hydroxyl groups is 5. The van der Waals surface area contributed by atoms with Crippen LogP contribution in [0.25, 0.3) is 6.08 Å². The van der Waals surface area contributed by atoms with Gasteiger partial charge in [-0.15, -0.1) is 0 Å². The molecular formula is C92H150O5. The number of rotatable bonds is 14. The van der Waals surface area contributed by atoms with Crippen molar-refractivity contribution in [2.24, 2.45) is 151 Å². The second-order valence-corrected chi connectivity index (χ2v) is 41.1. The molecule has 548 valence electrons. The third-order valence-electron chi connectivity index (χ3n) is 37.0. The van der Waals surface area contributed by atoms with Crippen molar-refractivity contribution < 1.29 is 25.5 Å². The topological polar surface area (TPSA) is 101 Å². The Hall–Kier alpha value is -1.50. The molecule has 29 atom stereocenters. The van der Waals surface area contributed by atoms with Gasteiger partial charge < -0.3 is 25.5 Å². The molecule has 0 amide bonds. The summed E-state index contributed by atoms with van der Waals surface area (Å²) in [5, 5.41) is 55.3. The number of fused-ring (bicyclic) bond motifs is 15. The van der Waals surface area contributed by atoms with Crippen molar-refractivity contribution in [3.8, 4) is 0 Å². The van der Waals surface area contributed by atoms with Gasteiger partial charge in [-0.05, 0) is 356 Å². The minimum atomic E-state index is -0.454. The van der Waals surface area contributed by atoms with Crippen LogP contribution in [0.15, 0.2) is 48.1 Å². The van der Waals surface area contributed by atoms with Gasteiger partial charge >= 0.3 is 0 Å². The molecule has 0 saturated heterocycles. The first kappa shape index (κ1) is 73.8. The molecule has 0 heterocycles. The molecule has 97 heavy (non-hydrogen) atoms. The Labute approximate surface area is 595 Å². The summed E-state index contributed by atoms with van der Waals surface area (Å²) in [5.74, 6) is 15.4. The largest absolute Gasteiger partial charge is 0.393 e. The van der Waals surface area contributed by atoms with Crippen LogP contribution in [-0.2, 0) is 0 Å². The molecule has 5 nitrogen and oxygen atoms in total. The normalized spacial score (nSPS) is 48.8. The van der Waals surface area contributed by atoms with Gasteiger partial charge in [0.1, 0.15) is 0 Å². The van der Waals surface area contributed by atoms with Crippen molar-refractivity contribution in [1.29, 1.82) is 0 Å². The van der Waals surface area contributed by atoms with Gasteiger partial charge in [0.25, 0.3) is 0 Å². The van der Waals surface area contributed by atoms with Crippen molar-refractivity contribution in [2.75, 3.05) is 0 Å². The summed E-state index contributed by atoms with van der Waals surface area (Å²) in [4.78, 5) is 0. The zero-order valence-electron chi connectivity index (χ0n) is 64.9. The maximum absolute atomic E-state index is 11.2. The second kappa shape index (κ2) is 28.4. The van der Waals surface area contributed by atoms with Gasteiger partial charge in [0, 0.05) is 0 Å². The third kappa shape index (κ3) is 13.6. The molecule has 13 fully saturated rings. The number of hydrogen-bond donors (Lipinski definition) is 5. The van der Waals surface area contributed by atoms with Crippen LogP contribution in [-0.4, -0.2) is 54.5 Å². The Morgan fingerprint density at radius 1 is 0.433 bits per heavy atom. The molecule has 14 aliphatic rings. The molecular weight excluding hydrogens is 1190 g/mol. The molecule has 0 aromatic heterocycles. The molecule has 0 bridgehead atoms. The van der Waals surface area contributed by atoms with Crippen molar-refractivity contribution in [3.63, 3.8) is 0 Å². The Morgan fingerprint density at radius 3 is 1.38 bits per heavy atom. The summed E-state index contributed by atoms with van der Waals surface area (Å²) >= 11 is 0. The fourth-order valence-corrected chi connectivity index (χ4v) is 30.3. The smallest absolute Gasteiger partial charge is 0.0682 e. The molecule has 1 aromatic rings. The van der Waals surface area contributed by atoms with Gasteiger partial charge in [0.05, 0.1) is 29.0 Å². The van der Waals surface area contributed by atoms with E-state index in [9.17, 15) is 25.5 Å². The summed E-state index contributed by atoms with van der Waals surface area (Å²) in [6, 6.07) is 10.8. The molecule has 5 N–H and O–H groups in total. The fraction of sp³-hybridized carbons (Fsp3) is 0.891. The Kier molecular flexibility index (Phi) is 21.6. The van der Waals surface area contributed by atoms with E-state index in [0.29, 0.717) is 62.1 Å². The monoisotopic (exact) mass is 1340 g/mol. The predicted molar refractivity (Wildman–Crippen MR) is 404 cm³/mol. The van der Waals surface area contributed by atoms with E-state index in [0.717, 1.165) is 153 Å². The lowest BCUT2D eigenvalue weighted by Gasteiger charge is -2.62. The van der Waals surface area contributed by atoms with Crippen molar-refractivity contribution in [1.82, 2.24) is 0 Å². The highest BCUT2D eigenvalue weighted by Gasteiger charge is 2.65. The average molecular weight is 1340 g/mol. The summed E-state index contributed by atoms with van der Waals surface area (Å²) in [6.07, 6.45) is 55.2. The van der Waals surface area contributed by atoms with E-state index in [1.165, 1.54) is 185 Å². The van der Waals surface area contributed by atoms with E-state index in [1.807, 2.05) is 0 Å². The van der Waals surface area contributed by atoms with Gasteiger partial charge in [0.2, 0.25) is 0 Å². The first-order valence-corrected chi connectivity index (χ1v) is 43.0. The number of hydrogen-bond acceptors (Lipinski definition) is 5. The summed E-state index contributed by atoms with van der Waals surface area (Å²) in [6.45, 7) is 31.9. The molecule has 13 saturated carbocycles. The molecule has 0 radical (unpaired) electrons.